The zero-order chi connectivity index (χ0) is 21.9. The Morgan fingerprint density at radius 3 is 2.33 bits per heavy atom. The van der Waals surface area contributed by atoms with Crippen molar-refractivity contribution in [1.82, 2.24) is 9.21 Å². The molecule has 1 aliphatic heterocycles. The van der Waals surface area contributed by atoms with E-state index in [0.29, 0.717) is 5.75 Å². The molecule has 1 fully saturated rings. The van der Waals surface area contributed by atoms with Crippen LogP contribution in [0.3, 0.4) is 0 Å². The molecule has 0 unspecified atom stereocenters. The Morgan fingerprint density at radius 2 is 1.77 bits per heavy atom. The molecule has 0 radical (unpaired) electrons. The van der Waals surface area contributed by atoms with Crippen LogP contribution in [0.5, 0.6) is 5.75 Å². The molecule has 3 rings (SSSR count). The van der Waals surface area contributed by atoms with Crippen molar-refractivity contribution in [1.29, 1.82) is 0 Å². The first kappa shape index (κ1) is 21.9. The number of hydrogen-bond donors (Lipinski definition) is 0. The van der Waals surface area contributed by atoms with E-state index in [4.69, 9.17) is 16.3 Å². The van der Waals surface area contributed by atoms with Gasteiger partial charge in [-0.2, -0.15) is 4.31 Å². The minimum absolute atomic E-state index is 0.0700. The molecular weight excluding hydrogens is 441 g/mol. The van der Waals surface area contributed by atoms with Crippen LogP contribution in [0.4, 0.5) is 10.1 Å². The molecule has 1 heterocycles. The van der Waals surface area contributed by atoms with Gasteiger partial charge in [-0.25, -0.2) is 12.8 Å². The van der Waals surface area contributed by atoms with Crippen molar-refractivity contribution in [3.05, 3.63) is 63.4 Å². The van der Waals surface area contributed by atoms with Gasteiger partial charge in [-0.3, -0.25) is 14.9 Å². The highest BCUT2D eigenvalue weighted by atomic mass is 35.5. The summed E-state index contributed by atoms with van der Waals surface area (Å²) in [7, 11) is -3.86. The molecule has 0 aliphatic carbocycles. The zero-order valence-electron chi connectivity index (χ0n) is 15.5. The highest BCUT2D eigenvalue weighted by molar-refractivity contribution is 7.89. The normalized spacial score (nSPS) is 15.1. The number of non-ortho nitro benzene ring substituents is 1. The van der Waals surface area contributed by atoms with Crippen molar-refractivity contribution >= 4 is 33.2 Å². The maximum Gasteiger partial charge on any atom is 0.269 e. The lowest BCUT2D eigenvalue weighted by molar-refractivity contribution is -0.384. The van der Waals surface area contributed by atoms with Gasteiger partial charge in [0.15, 0.2) is 6.61 Å². The van der Waals surface area contributed by atoms with Gasteiger partial charge in [0.1, 0.15) is 11.6 Å². The van der Waals surface area contributed by atoms with Crippen molar-refractivity contribution < 1.29 is 27.3 Å². The first-order valence-electron chi connectivity index (χ1n) is 8.79. The lowest BCUT2D eigenvalue weighted by Crippen LogP contribution is -2.51. The maximum atomic E-state index is 13.3. The van der Waals surface area contributed by atoms with Crippen molar-refractivity contribution in [3.63, 3.8) is 0 Å². The molecule has 0 saturated carbocycles. The van der Waals surface area contributed by atoms with E-state index in [0.717, 1.165) is 18.2 Å². The number of ether oxygens (including phenoxy) is 1. The van der Waals surface area contributed by atoms with Crippen LogP contribution in [-0.2, 0) is 14.8 Å². The van der Waals surface area contributed by atoms with Crippen LogP contribution >= 0.6 is 11.6 Å². The number of carbonyl (C=O) groups excluding carboxylic acids is 1. The van der Waals surface area contributed by atoms with E-state index in [-0.39, 0.29) is 54.3 Å². The molecule has 0 bridgehead atoms. The van der Waals surface area contributed by atoms with Gasteiger partial charge in [0.05, 0.1) is 14.8 Å². The fraction of sp³-hybridized carbons (Fsp3) is 0.278. The summed E-state index contributed by atoms with van der Waals surface area (Å²) < 4.78 is 45.2. The molecule has 2 aromatic carbocycles. The van der Waals surface area contributed by atoms with Crippen LogP contribution in [0, 0.1) is 15.9 Å². The third-order valence-corrected chi connectivity index (χ3v) is 6.71. The maximum absolute atomic E-state index is 13.3. The predicted molar refractivity (Wildman–Crippen MR) is 105 cm³/mol. The van der Waals surface area contributed by atoms with Gasteiger partial charge in [-0.1, -0.05) is 11.6 Å². The number of nitrogens with zero attached hydrogens (tertiary/aromatic N) is 3. The average molecular weight is 458 g/mol. The first-order chi connectivity index (χ1) is 14.2. The Labute approximate surface area is 176 Å². The van der Waals surface area contributed by atoms with Gasteiger partial charge in [-0.05, 0) is 30.3 Å². The minimum Gasteiger partial charge on any atom is -0.484 e. The lowest BCUT2D eigenvalue weighted by Gasteiger charge is -2.34. The van der Waals surface area contributed by atoms with Gasteiger partial charge in [-0.15, -0.1) is 0 Å². The summed E-state index contributed by atoms with van der Waals surface area (Å²) in [4.78, 5) is 23.8. The number of hydrogen-bond acceptors (Lipinski definition) is 6. The summed E-state index contributed by atoms with van der Waals surface area (Å²) in [5.41, 5.74) is -0.0894. The highest BCUT2D eigenvalue weighted by Gasteiger charge is 2.30. The number of nitro benzene ring substituents is 1. The Bertz CT molecular complexity index is 1060. The molecule has 1 aliphatic rings. The number of sulfonamides is 1. The van der Waals surface area contributed by atoms with E-state index in [2.05, 4.69) is 0 Å². The van der Waals surface area contributed by atoms with Crippen LogP contribution in [0.25, 0.3) is 0 Å². The van der Waals surface area contributed by atoms with E-state index < -0.39 is 20.8 Å². The summed E-state index contributed by atoms with van der Waals surface area (Å²) in [6, 6.07) is 8.52. The number of benzene rings is 2. The number of halogens is 2. The molecule has 1 amide bonds. The zero-order valence-corrected chi connectivity index (χ0v) is 17.1. The Hall–Kier alpha value is -2.76. The predicted octanol–water partition coefficient (Wildman–Crippen LogP) is 2.30. The Balaban J connectivity index is 1.54. The molecule has 12 heteroatoms. The van der Waals surface area contributed by atoms with Crippen LogP contribution in [0.1, 0.15) is 0 Å². The fourth-order valence-corrected chi connectivity index (χ4v) is 4.56. The van der Waals surface area contributed by atoms with Crippen LogP contribution < -0.4 is 4.74 Å². The fourth-order valence-electron chi connectivity index (χ4n) is 2.86. The van der Waals surface area contributed by atoms with Crippen LogP contribution in [-0.4, -0.2) is 61.2 Å². The van der Waals surface area contributed by atoms with E-state index in [1.54, 1.807) is 0 Å². The summed E-state index contributed by atoms with van der Waals surface area (Å²) in [6.07, 6.45) is 0. The van der Waals surface area contributed by atoms with Crippen molar-refractivity contribution in [2.45, 2.75) is 4.90 Å². The minimum atomic E-state index is -3.86. The summed E-state index contributed by atoms with van der Waals surface area (Å²) in [5.74, 6) is -0.738. The topological polar surface area (TPSA) is 110 Å². The van der Waals surface area contributed by atoms with E-state index in [1.807, 2.05) is 0 Å². The Morgan fingerprint density at radius 1 is 1.13 bits per heavy atom. The van der Waals surface area contributed by atoms with Gasteiger partial charge in [0.2, 0.25) is 10.0 Å². The lowest BCUT2D eigenvalue weighted by atomic mass is 10.3. The average Bonchev–Trinajstić information content (AvgIpc) is 2.74. The van der Waals surface area contributed by atoms with Crippen LogP contribution in [0.15, 0.2) is 47.4 Å². The molecular formula is C18H17ClFN3O6S. The summed E-state index contributed by atoms with van der Waals surface area (Å²) in [5, 5.41) is 10.4. The molecule has 0 aromatic heterocycles. The third-order valence-electron chi connectivity index (χ3n) is 4.53. The van der Waals surface area contributed by atoms with Crippen molar-refractivity contribution in [2.75, 3.05) is 32.8 Å². The highest BCUT2D eigenvalue weighted by Crippen LogP contribution is 2.23. The van der Waals surface area contributed by atoms with Crippen molar-refractivity contribution in [3.8, 4) is 5.75 Å². The largest absolute Gasteiger partial charge is 0.484 e. The number of carbonyl (C=O) groups is 1. The summed E-state index contributed by atoms with van der Waals surface area (Å²) >= 11 is 5.67. The molecule has 30 heavy (non-hydrogen) atoms. The molecule has 0 N–H and O–H groups in total. The van der Waals surface area contributed by atoms with Gasteiger partial charge in [0.25, 0.3) is 11.6 Å². The smallest absolute Gasteiger partial charge is 0.269 e. The molecule has 2 aromatic rings. The van der Waals surface area contributed by atoms with Gasteiger partial charge >= 0.3 is 0 Å². The SMILES string of the molecule is O=C(COc1ccc([N+](=O)[O-])cc1)N1CCN(S(=O)(=O)c2ccc(F)c(Cl)c2)CC1. The molecule has 0 atom stereocenters. The second-order valence-corrected chi connectivity index (χ2v) is 8.75. The van der Waals surface area contributed by atoms with E-state index >= 15 is 0 Å². The number of amides is 1. The van der Waals surface area contributed by atoms with Gasteiger partial charge in [0, 0.05) is 38.3 Å². The third kappa shape index (κ3) is 4.86. The standard InChI is InChI=1S/C18H17ClFN3O6S/c19-16-11-15(5-6-17(16)20)30(27,28)22-9-7-21(8-10-22)18(24)12-29-14-3-1-13(2-4-14)23(25)26/h1-6,11H,7-10,12H2. The first-order valence-corrected chi connectivity index (χ1v) is 10.6. The van der Waals surface area contributed by atoms with Crippen LogP contribution in [0.2, 0.25) is 5.02 Å². The molecule has 1 saturated heterocycles. The van der Waals surface area contributed by atoms with Crippen molar-refractivity contribution in [2.24, 2.45) is 0 Å². The monoisotopic (exact) mass is 457 g/mol. The molecule has 9 nitrogen and oxygen atoms in total. The number of nitro groups is 1. The van der Waals surface area contributed by atoms with E-state index in [9.17, 15) is 27.7 Å². The Kier molecular flexibility index (Phi) is 6.54. The van der Waals surface area contributed by atoms with Gasteiger partial charge < -0.3 is 9.64 Å². The second-order valence-electron chi connectivity index (χ2n) is 6.40. The second kappa shape index (κ2) is 8.94. The molecule has 160 valence electrons. The number of rotatable bonds is 6. The quantitative estimate of drug-likeness (QED) is 0.486. The summed E-state index contributed by atoms with van der Waals surface area (Å²) in [6.45, 7) is 0.187. The molecule has 0 spiro atoms. The number of piperazine rings is 1. The van der Waals surface area contributed by atoms with E-state index in [1.165, 1.54) is 33.5 Å².